The maximum Gasteiger partial charge on any atom is 0.248 e. The van der Waals surface area contributed by atoms with E-state index < -0.39 is 15.9 Å². The van der Waals surface area contributed by atoms with Crippen molar-refractivity contribution in [3.05, 3.63) is 90.0 Å². The van der Waals surface area contributed by atoms with E-state index in [-0.39, 0.29) is 10.8 Å². The molecule has 5 nitrogen and oxygen atoms in total. The molecule has 0 atom stereocenters. The smallest absolute Gasteiger partial charge is 0.248 e. The first-order valence-corrected chi connectivity index (χ1v) is 11.3. The third-order valence-corrected chi connectivity index (χ3v) is 6.59. The van der Waals surface area contributed by atoms with Crippen molar-refractivity contribution in [2.45, 2.75) is 25.3 Å². The number of rotatable bonds is 8. The predicted octanol–water partition coefficient (Wildman–Crippen LogP) is 4.30. The average Bonchev–Trinajstić information content (AvgIpc) is 2.74. The van der Waals surface area contributed by atoms with E-state index in [9.17, 15) is 13.2 Å². The highest BCUT2D eigenvalue weighted by Gasteiger charge is 2.25. The Morgan fingerprint density at radius 3 is 1.90 bits per heavy atom. The lowest BCUT2D eigenvalue weighted by Gasteiger charge is -2.24. The zero-order chi connectivity index (χ0) is 21.7. The van der Waals surface area contributed by atoms with Gasteiger partial charge in [0, 0.05) is 18.7 Å². The molecule has 0 spiro atoms. The van der Waals surface area contributed by atoms with E-state index >= 15 is 0 Å². The van der Waals surface area contributed by atoms with Crippen LogP contribution in [0.25, 0.3) is 11.1 Å². The van der Waals surface area contributed by atoms with Gasteiger partial charge in [-0.3, -0.25) is 4.79 Å². The normalized spacial score (nSPS) is 11.7. The van der Waals surface area contributed by atoms with E-state index in [1.807, 2.05) is 44.2 Å². The van der Waals surface area contributed by atoms with Gasteiger partial charge < -0.3 is 5.73 Å². The highest BCUT2D eigenvalue weighted by atomic mass is 32.2. The lowest BCUT2D eigenvalue weighted by Crippen LogP contribution is -2.33. The third-order valence-electron chi connectivity index (χ3n) is 4.77. The minimum Gasteiger partial charge on any atom is -0.366 e. The maximum atomic E-state index is 13.3. The van der Waals surface area contributed by atoms with Crippen molar-refractivity contribution in [3.63, 3.8) is 0 Å². The molecule has 0 saturated carbocycles. The van der Waals surface area contributed by atoms with Crippen LogP contribution in [0.5, 0.6) is 0 Å². The average molecular weight is 423 g/mol. The number of nitrogens with two attached hydrogens (primary N) is 1. The van der Waals surface area contributed by atoms with Crippen LogP contribution >= 0.6 is 0 Å². The molecule has 6 heteroatoms. The lowest BCUT2D eigenvalue weighted by molar-refractivity contribution is 0.100. The summed E-state index contributed by atoms with van der Waals surface area (Å²) in [7, 11) is -3.64. The number of nitrogens with zero attached hydrogens (tertiary/aromatic N) is 1. The van der Waals surface area contributed by atoms with Crippen molar-refractivity contribution in [2.75, 3.05) is 6.54 Å². The first kappa shape index (κ1) is 21.7. The van der Waals surface area contributed by atoms with Crippen LogP contribution in [0.2, 0.25) is 0 Å². The van der Waals surface area contributed by atoms with Crippen molar-refractivity contribution in [1.82, 2.24) is 4.31 Å². The molecule has 3 rings (SSSR count). The van der Waals surface area contributed by atoms with Crippen molar-refractivity contribution < 1.29 is 13.2 Å². The molecule has 3 aromatic rings. The van der Waals surface area contributed by atoms with Crippen molar-refractivity contribution in [3.8, 4) is 11.1 Å². The minimum atomic E-state index is -3.64. The van der Waals surface area contributed by atoms with Gasteiger partial charge in [-0.15, -0.1) is 0 Å². The van der Waals surface area contributed by atoms with Gasteiger partial charge >= 0.3 is 0 Å². The molecule has 0 aliphatic heterocycles. The third kappa shape index (κ3) is 5.14. The monoisotopic (exact) mass is 422 g/mol. The zero-order valence-corrected chi connectivity index (χ0v) is 18.0. The van der Waals surface area contributed by atoms with Crippen LogP contribution in [0.4, 0.5) is 0 Å². The van der Waals surface area contributed by atoms with E-state index in [1.165, 1.54) is 4.31 Å². The number of benzene rings is 3. The van der Waals surface area contributed by atoms with Crippen molar-refractivity contribution in [2.24, 2.45) is 11.7 Å². The van der Waals surface area contributed by atoms with Crippen molar-refractivity contribution >= 4 is 15.9 Å². The molecule has 0 bridgehead atoms. The molecule has 0 unspecified atom stereocenters. The van der Waals surface area contributed by atoms with E-state index in [0.717, 1.165) is 16.7 Å². The Morgan fingerprint density at radius 2 is 1.40 bits per heavy atom. The lowest BCUT2D eigenvalue weighted by atomic mass is 10.0. The number of amides is 1. The fourth-order valence-electron chi connectivity index (χ4n) is 3.24. The second-order valence-corrected chi connectivity index (χ2v) is 9.58. The molecular formula is C24H26N2O3S. The SMILES string of the molecule is CC(C)CN(Cc1ccccc1)S(=O)(=O)c1ccc(-c2ccc(C(N)=O)cc2)cc1. The Morgan fingerprint density at radius 1 is 0.867 bits per heavy atom. The Balaban J connectivity index is 1.87. The number of primary amides is 1. The van der Waals surface area contributed by atoms with Crippen molar-refractivity contribution in [1.29, 1.82) is 0 Å². The van der Waals surface area contributed by atoms with Gasteiger partial charge in [0.2, 0.25) is 15.9 Å². The van der Waals surface area contributed by atoms with E-state index in [2.05, 4.69) is 0 Å². The van der Waals surface area contributed by atoms with E-state index in [4.69, 9.17) is 5.73 Å². The molecule has 0 heterocycles. The van der Waals surface area contributed by atoms with Crippen LogP contribution in [-0.2, 0) is 16.6 Å². The Labute approximate surface area is 178 Å². The van der Waals surface area contributed by atoms with Gasteiger partial charge in [-0.25, -0.2) is 8.42 Å². The summed E-state index contributed by atoms with van der Waals surface area (Å²) < 4.78 is 28.2. The van der Waals surface area contributed by atoms with Gasteiger partial charge in [0.15, 0.2) is 0 Å². The fraction of sp³-hybridized carbons (Fsp3) is 0.208. The fourth-order valence-corrected chi connectivity index (χ4v) is 4.83. The predicted molar refractivity (Wildman–Crippen MR) is 119 cm³/mol. The highest BCUT2D eigenvalue weighted by molar-refractivity contribution is 7.89. The maximum absolute atomic E-state index is 13.3. The topological polar surface area (TPSA) is 80.5 Å². The Bertz CT molecular complexity index is 1090. The quantitative estimate of drug-likeness (QED) is 0.588. The Hall–Kier alpha value is -2.96. The number of hydrogen-bond donors (Lipinski definition) is 1. The van der Waals surface area contributed by atoms with Gasteiger partial charge in [-0.1, -0.05) is 68.4 Å². The van der Waals surface area contributed by atoms with Crippen LogP contribution in [0, 0.1) is 5.92 Å². The molecule has 1 amide bonds. The van der Waals surface area contributed by atoms with Gasteiger partial charge in [0.05, 0.1) is 4.90 Å². The second kappa shape index (κ2) is 9.24. The molecule has 156 valence electrons. The number of hydrogen-bond acceptors (Lipinski definition) is 3. The number of sulfonamides is 1. The summed E-state index contributed by atoms with van der Waals surface area (Å²) in [4.78, 5) is 11.5. The summed E-state index contributed by atoms with van der Waals surface area (Å²) in [5.41, 5.74) is 8.41. The molecule has 3 aromatic carbocycles. The molecule has 0 aliphatic carbocycles. The number of carbonyl (C=O) groups excluding carboxylic acids is 1. The first-order chi connectivity index (χ1) is 14.3. The van der Waals surface area contributed by atoms with Gasteiger partial charge in [0.1, 0.15) is 0 Å². The zero-order valence-electron chi connectivity index (χ0n) is 17.2. The van der Waals surface area contributed by atoms with Gasteiger partial charge in [0.25, 0.3) is 0 Å². The summed E-state index contributed by atoms with van der Waals surface area (Å²) in [6.45, 7) is 4.78. The highest BCUT2D eigenvalue weighted by Crippen LogP contribution is 2.25. The minimum absolute atomic E-state index is 0.200. The van der Waals surface area contributed by atoms with Crippen LogP contribution < -0.4 is 5.73 Å². The van der Waals surface area contributed by atoms with Crippen LogP contribution in [0.3, 0.4) is 0 Å². The molecule has 0 aromatic heterocycles. The van der Waals surface area contributed by atoms with Gasteiger partial charge in [-0.05, 0) is 46.9 Å². The summed E-state index contributed by atoms with van der Waals surface area (Å²) in [5.74, 6) is -0.279. The van der Waals surface area contributed by atoms with E-state index in [1.54, 1.807) is 48.5 Å². The summed E-state index contributed by atoms with van der Waals surface area (Å²) in [6, 6.07) is 23.3. The Kier molecular flexibility index (Phi) is 6.70. The molecule has 0 aliphatic rings. The van der Waals surface area contributed by atoms with Crippen LogP contribution in [0.1, 0.15) is 29.8 Å². The second-order valence-electron chi connectivity index (χ2n) is 7.64. The largest absolute Gasteiger partial charge is 0.366 e. The van der Waals surface area contributed by atoms with Crippen LogP contribution in [0.15, 0.2) is 83.8 Å². The van der Waals surface area contributed by atoms with Crippen LogP contribution in [-0.4, -0.2) is 25.2 Å². The molecule has 30 heavy (non-hydrogen) atoms. The standard InChI is InChI=1S/C24H26N2O3S/c1-18(2)16-26(17-19-6-4-3-5-7-19)30(28,29)23-14-12-21(13-15-23)20-8-10-22(11-9-20)24(25)27/h3-15,18H,16-17H2,1-2H3,(H2,25,27). The van der Waals surface area contributed by atoms with E-state index in [0.29, 0.717) is 18.7 Å². The van der Waals surface area contributed by atoms with Gasteiger partial charge in [-0.2, -0.15) is 4.31 Å². The molecule has 0 radical (unpaired) electrons. The first-order valence-electron chi connectivity index (χ1n) is 9.82. The molecular weight excluding hydrogens is 396 g/mol. The number of carbonyl (C=O) groups is 1. The molecule has 2 N–H and O–H groups in total. The molecule has 0 fully saturated rings. The summed E-state index contributed by atoms with van der Waals surface area (Å²) in [5, 5.41) is 0. The molecule has 0 saturated heterocycles. The summed E-state index contributed by atoms with van der Waals surface area (Å²) in [6.07, 6.45) is 0. The summed E-state index contributed by atoms with van der Waals surface area (Å²) >= 11 is 0.